The summed E-state index contributed by atoms with van der Waals surface area (Å²) in [6, 6.07) is 5.59. The molecule has 0 aliphatic heterocycles. The van der Waals surface area contributed by atoms with Gasteiger partial charge in [0.2, 0.25) is 0 Å². The van der Waals surface area contributed by atoms with E-state index < -0.39 is 0 Å². The smallest absolute Gasteiger partial charge is 0.180 e. The Labute approximate surface area is 148 Å². The van der Waals surface area contributed by atoms with E-state index in [1.807, 2.05) is 30.4 Å². The highest BCUT2D eigenvalue weighted by Crippen LogP contribution is 2.31. The average molecular weight is 352 g/mol. The normalized spacial score (nSPS) is 11.3. The molecule has 0 saturated carbocycles. The Morgan fingerprint density at radius 3 is 2.76 bits per heavy atom. The first-order valence-electron chi connectivity index (χ1n) is 7.86. The molecule has 0 amide bonds. The molecule has 0 fully saturated rings. The van der Waals surface area contributed by atoms with E-state index in [1.165, 1.54) is 0 Å². The maximum absolute atomic E-state index is 11.9. The van der Waals surface area contributed by atoms with E-state index in [9.17, 15) is 4.79 Å². The zero-order chi connectivity index (χ0) is 17.6. The van der Waals surface area contributed by atoms with Gasteiger partial charge >= 0.3 is 0 Å². The lowest BCUT2D eigenvalue weighted by atomic mass is 10.0. The van der Waals surface area contributed by atoms with Gasteiger partial charge in [0.25, 0.3) is 0 Å². The first kappa shape index (κ1) is 15.7. The number of hydrogen-bond acceptors (Lipinski definition) is 5. The number of nitrogens with zero attached hydrogens (tertiary/aromatic N) is 5. The number of aromatic nitrogens is 5. The number of ketones is 1. The topological polar surface area (TPSA) is 73.0 Å². The molecular weight excluding hydrogens is 338 g/mol. The van der Waals surface area contributed by atoms with E-state index in [0.29, 0.717) is 22.9 Å². The first-order valence-corrected chi connectivity index (χ1v) is 8.24. The van der Waals surface area contributed by atoms with E-state index in [4.69, 9.17) is 11.6 Å². The van der Waals surface area contributed by atoms with Gasteiger partial charge in [0.15, 0.2) is 11.4 Å². The van der Waals surface area contributed by atoms with Crippen LogP contribution in [0.2, 0.25) is 5.15 Å². The number of rotatable bonds is 3. The van der Waals surface area contributed by atoms with E-state index in [1.54, 1.807) is 24.8 Å². The monoisotopic (exact) mass is 351 g/mol. The van der Waals surface area contributed by atoms with Gasteiger partial charge in [-0.3, -0.25) is 14.2 Å². The maximum Gasteiger partial charge on any atom is 0.180 e. The van der Waals surface area contributed by atoms with Crippen LogP contribution in [0.15, 0.2) is 36.9 Å². The van der Waals surface area contributed by atoms with Crippen LogP contribution in [0.3, 0.4) is 0 Å². The summed E-state index contributed by atoms with van der Waals surface area (Å²) in [6.45, 7) is 3.79. The molecule has 4 aromatic rings. The van der Waals surface area contributed by atoms with Gasteiger partial charge in [0.05, 0.1) is 5.52 Å². The van der Waals surface area contributed by atoms with Crippen LogP contribution >= 0.6 is 11.6 Å². The summed E-state index contributed by atoms with van der Waals surface area (Å²) in [5.74, 6) is 0.0274. The molecule has 0 saturated heterocycles. The lowest BCUT2D eigenvalue weighted by Gasteiger charge is -2.10. The van der Waals surface area contributed by atoms with Crippen molar-refractivity contribution >= 4 is 33.9 Å². The molecule has 0 atom stereocenters. The number of Topliss-reactive ketones (excluding diaryl/α,β-unsaturated/α-hetero) is 1. The minimum Gasteiger partial charge on any atom is -0.292 e. The molecule has 4 aromatic heterocycles. The van der Waals surface area contributed by atoms with Crippen LogP contribution < -0.4 is 0 Å². The minimum absolute atomic E-state index is 0.0274. The number of carbonyl (C=O) groups is 1. The fourth-order valence-electron chi connectivity index (χ4n) is 2.94. The molecule has 0 aromatic carbocycles. The number of hydrogen-bond donors (Lipinski definition) is 0. The number of aryl methyl sites for hydroxylation is 1. The fourth-order valence-corrected chi connectivity index (χ4v) is 3.09. The molecule has 7 heteroatoms. The van der Waals surface area contributed by atoms with Crippen LogP contribution in [0, 0.1) is 6.92 Å². The molecule has 4 heterocycles. The van der Waals surface area contributed by atoms with Gasteiger partial charge in [-0.1, -0.05) is 18.5 Å². The third kappa shape index (κ3) is 2.55. The van der Waals surface area contributed by atoms with Crippen molar-refractivity contribution in [3.63, 3.8) is 0 Å². The second kappa shape index (κ2) is 5.89. The molecule has 0 bridgehead atoms. The predicted molar refractivity (Wildman–Crippen MR) is 95.9 cm³/mol. The quantitative estimate of drug-likeness (QED) is 0.413. The number of carbonyl (C=O) groups excluding carboxylic acids is 1. The van der Waals surface area contributed by atoms with Crippen molar-refractivity contribution in [3.05, 3.63) is 53.3 Å². The van der Waals surface area contributed by atoms with Crippen LogP contribution in [-0.4, -0.2) is 30.3 Å². The highest BCUT2D eigenvalue weighted by Gasteiger charge is 2.15. The number of fused-ring (bicyclic) bond motifs is 3. The Balaban J connectivity index is 1.99. The van der Waals surface area contributed by atoms with Crippen molar-refractivity contribution in [2.45, 2.75) is 20.3 Å². The summed E-state index contributed by atoms with van der Waals surface area (Å²) in [7, 11) is 0. The molecule has 124 valence electrons. The number of halogens is 1. The highest BCUT2D eigenvalue weighted by molar-refractivity contribution is 6.30. The van der Waals surface area contributed by atoms with Crippen molar-refractivity contribution in [2.75, 3.05) is 0 Å². The SMILES string of the molecule is CCC(=O)c1cc(C)c(-c2cc3cnc(Cl)cc3n3cnnc23)cn1. The Morgan fingerprint density at radius 1 is 1.16 bits per heavy atom. The molecule has 4 rings (SSSR count). The largest absolute Gasteiger partial charge is 0.292 e. The van der Waals surface area contributed by atoms with Crippen LogP contribution in [0.5, 0.6) is 0 Å². The Bertz CT molecular complexity index is 1140. The van der Waals surface area contributed by atoms with Gasteiger partial charge in [-0.15, -0.1) is 10.2 Å². The lowest BCUT2D eigenvalue weighted by Crippen LogP contribution is -2.02. The van der Waals surface area contributed by atoms with Crippen molar-refractivity contribution in [1.82, 2.24) is 24.6 Å². The van der Waals surface area contributed by atoms with E-state index in [2.05, 4.69) is 20.2 Å². The van der Waals surface area contributed by atoms with Gasteiger partial charge in [-0.25, -0.2) is 4.98 Å². The molecular formula is C18H14ClN5O. The average Bonchev–Trinajstić information content (AvgIpc) is 3.11. The van der Waals surface area contributed by atoms with Gasteiger partial charge in [-0.2, -0.15) is 0 Å². The summed E-state index contributed by atoms with van der Waals surface area (Å²) in [4.78, 5) is 20.4. The summed E-state index contributed by atoms with van der Waals surface area (Å²) in [5.41, 5.74) is 4.81. The zero-order valence-electron chi connectivity index (χ0n) is 13.7. The standard InChI is InChI=1S/C18H14ClN5O/c1-3-16(25)14-4-10(2)13(8-20-14)12-5-11-7-21-17(19)6-15(11)24-9-22-23-18(12)24/h4-9H,3H2,1-2H3. The number of pyridine rings is 3. The minimum atomic E-state index is 0.0274. The fraction of sp³-hybridized carbons (Fsp3) is 0.167. The molecule has 0 N–H and O–H groups in total. The second-order valence-electron chi connectivity index (χ2n) is 5.81. The first-order chi connectivity index (χ1) is 12.1. The van der Waals surface area contributed by atoms with Crippen molar-refractivity contribution < 1.29 is 4.79 Å². The van der Waals surface area contributed by atoms with E-state index in [-0.39, 0.29) is 5.78 Å². The third-order valence-electron chi connectivity index (χ3n) is 4.23. The Morgan fingerprint density at radius 2 is 2.00 bits per heavy atom. The zero-order valence-corrected chi connectivity index (χ0v) is 14.4. The van der Waals surface area contributed by atoms with Gasteiger partial charge < -0.3 is 0 Å². The predicted octanol–water partition coefficient (Wildman–Crippen LogP) is 3.89. The van der Waals surface area contributed by atoms with Crippen LogP contribution in [0.1, 0.15) is 29.4 Å². The van der Waals surface area contributed by atoms with Crippen LogP contribution in [0.4, 0.5) is 0 Å². The molecule has 0 aliphatic carbocycles. The second-order valence-corrected chi connectivity index (χ2v) is 6.20. The Kier molecular flexibility index (Phi) is 3.69. The van der Waals surface area contributed by atoms with E-state index in [0.717, 1.165) is 27.6 Å². The summed E-state index contributed by atoms with van der Waals surface area (Å²) >= 11 is 6.02. The third-order valence-corrected chi connectivity index (χ3v) is 4.44. The summed E-state index contributed by atoms with van der Waals surface area (Å²) in [6.07, 6.45) is 5.52. The summed E-state index contributed by atoms with van der Waals surface area (Å²) in [5, 5.41) is 9.60. The van der Waals surface area contributed by atoms with Crippen molar-refractivity contribution in [1.29, 1.82) is 0 Å². The van der Waals surface area contributed by atoms with Gasteiger partial charge in [0.1, 0.15) is 17.2 Å². The summed E-state index contributed by atoms with van der Waals surface area (Å²) < 4.78 is 1.88. The van der Waals surface area contributed by atoms with Crippen LogP contribution in [0.25, 0.3) is 27.7 Å². The molecule has 0 spiro atoms. The maximum atomic E-state index is 11.9. The lowest BCUT2D eigenvalue weighted by molar-refractivity contribution is 0.0983. The molecule has 25 heavy (non-hydrogen) atoms. The highest BCUT2D eigenvalue weighted by atomic mass is 35.5. The molecule has 0 aliphatic rings. The van der Waals surface area contributed by atoms with E-state index >= 15 is 0 Å². The van der Waals surface area contributed by atoms with Gasteiger partial charge in [0, 0.05) is 41.4 Å². The van der Waals surface area contributed by atoms with Crippen molar-refractivity contribution in [3.8, 4) is 11.1 Å². The molecule has 0 radical (unpaired) electrons. The molecule has 0 unspecified atom stereocenters. The van der Waals surface area contributed by atoms with Gasteiger partial charge in [-0.05, 0) is 24.6 Å². The van der Waals surface area contributed by atoms with Crippen LogP contribution in [-0.2, 0) is 0 Å². The van der Waals surface area contributed by atoms with Crippen molar-refractivity contribution in [2.24, 2.45) is 0 Å². The Hall–Kier alpha value is -2.86. The molecule has 6 nitrogen and oxygen atoms in total.